The Hall–Kier alpha value is -4.21. The molecule has 2 aromatic heterocycles. The van der Waals surface area contributed by atoms with E-state index in [2.05, 4.69) is 25.8 Å². The first-order valence-electron chi connectivity index (χ1n) is 11.7. The van der Waals surface area contributed by atoms with Gasteiger partial charge in [0.2, 0.25) is 11.8 Å². The molecule has 4 amide bonds. The highest BCUT2D eigenvalue weighted by atomic mass is 16.5. The van der Waals surface area contributed by atoms with E-state index in [9.17, 15) is 14.4 Å². The van der Waals surface area contributed by atoms with Gasteiger partial charge < -0.3 is 10.1 Å². The first-order valence-corrected chi connectivity index (χ1v) is 11.7. The third-order valence-corrected chi connectivity index (χ3v) is 6.32. The van der Waals surface area contributed by atoms with Crippen molar-refractivity contribution in [3.05, 3.63) is 65.6 Å². The van der Waals surface area contributed by atoms with Crippen molar-refractivity contribution < 1.29 is 19.1 Å². The summed E-state index contributed by atoms with van der Waals surface area (Å²) in [6.45, 7) is 0.512. The van der Waals surface area contributed by atoms with Crippen LogP contribution in [0.25, 0.3) is 0 Å². The Balaban J connectivity index is 1.15. The predicted octanol–water partition coefficient (Wildman–Crippen LogP) is 3.28. The minimum atomic E-state index is -0.466. The van der Waals surface area contributed by atoms with Gasteiger partial charge in [0.1, 0.15) is 12.4 Å². The van der Waals surface area contributed by atoms with Crippen LogP contribution in [0, 0.1) is 0 Å². The minimum absolute atomic E-state index is 0.134. The number of H-pyrrole nitrogens is 1. The summed E-state index contributed by atoms with van der Waals surface area (Å²) in [5, 5.41) is 12.4. The number of aromatic amines is 1. The monoisotopic (exact) mass is 474 g/mol. The van der Waals surface area contributed by atoms with Crippen LogP contribution in [0.1, 0.15) is 48.4 Å². The fourth-order valence-corrected chi connectivity index (χ4v) is 4.14. The van der Waals surface area contributed by atoms with Crippen LogP contribution in [-0.2, 0) is 22.6 Å². The highest BCUT2D eigenvalue weighted by Crippen LogP contribution is 2.35. The number of hydrogen-bond donors (Lipinski definition) is 3. The molecule has 2 fully saturated rings. The molecule has 0 spiro atoms. The second-order valence-electron chi connectivity index (χ2n) is 8.75. The van der Waals surface area contributed by atoms with Crippen LogP contribution in [-0.4, -0.2) is 39.6 Å². The maximum absolute atomic E-state index is 12.4. The van der Waals surface area contributed by atoms with E-state index in [0.29, 0.717) is 29.7 Å². The zero-order valence-corrected chi connectivity index (χ0v) is 19.1. The van der Waals surface area contributed by atoms with Crippen molar-refractivity contribution in [1.29, 1.82) is 0 Å². The number of hydrogen-bond acceptors (Lipinski definition) is 6. The summed E-state index contributed by atoms with van der Waals surface area (Å²) in [4.78, 5) is 41.7. The number of benzene rings is 1. The molecule has 180 valence electrons. The molecule has 3 heterocycles. The average Bonchev–Trinajstić information content (AvgIpc) is 3.25. The summed E-state index contributed by atoms with van der Waals surface area (Å²) in [6.07, 6.45) is 7.26. The van der Waals surface area contributed by atoms with Gasteiger partial charge in [-0.3, -0.25) is 29.9 Å². The molecule has 1 aromatic carbocycles. The number of rotatable bonds is 8. The number of amides is 4. The van der Waals surface area contributed by atoms with Crippen LogP contribution in [0.4, 0.5) is 16.3 Å². The minimum Gasteiger partial charge on any atom is -0.489 e. The number of imide groups is 1. The predicted molar refractivity (Wildman–Crippen MR) is 128 cm³/mol. The Morgan fingerprint density at radius 3 is 2.74 bits per heavy atom. The molecule has 35 heavy (non-hydrogen) atoms. The number of pyridine rings is 1. The van der Waals surface area contributed by atoms with E-state index < -0.39 is 6.03 Å². The van der Waals surface area contributed by atoms with Crippen molar-refractivity contribution in [1.82, 2.24) is 20.5 Å². The molecule has 2 aliphatic rings. The van der Waals surface area contributed by atoms with Gasteiger partial charge in [-0.1, -0.05) is 18.6 Å². The van der Waals surface area contributed by atoms with Gasteiger partial charge >= 0.3 is 6.03 Å². The van der Waals surface area contributed by atoms with Gasteiger partial charge in [0.05, 0.1) is 18.3 Å². The van der Waals surface area contributed by atoms with Gasteiger partial charge in [-0.05, 0) is 36.6 Å². The van der Waals surface area contributed by atoms with Crippen LogP contribution < -0.4 is 20.3 Å². The van der Waals surface area contributed by atoms with Crippen molar-refractivity contribution in [3.8, 4) is 5.75 Å². The highest BCUT2D eigenvalue weighted by Gasteiger charge is 2.26. The standard InChI is InChI=1S/C25H26N6O4/c32-23-9-11-31(25(34)28-23)21-14-26-10-8-18(21)15-35-19-6-4-16(5-7-19)12-24(33)27-22-13-20(29-30-22)17-2-1-3-17/h4-8,10,13-14,17H,1-3,9,11-12,15H2,(H,28,32,34)(H2,27,29,30,33). The highest BCUT2D eigenvalue weighted by molar-refractivity contribution is 6.05. The molecule has 1 saturated carbocycles. The molecule has 5 rings (SSSR count). The number of aromatic nitrogens is 3. The molecule has 0 unspecified atom stereocenters. The summed E-state index contributed by atoms with van der Waals surface area (Å²) in [6, 6.07) is 10.5. The number of anilines is 2. The molecular formula is C25H26N6O4. The van der Waals surface area contributed by atoms with Gasteiger partial charge in [0.25, 0.3) is 0 Å². The van der Waals surface area contributed by atoms with E-state index in [1.165, 1.54) is 24.2 Å². The molecule has 10 heteroatoms. The largest absolute Gasteiger partial charge is 0.489 e. The van der Waals surface area contributed by atoms with Crippen LogP contribution in [0.2, 0.25) is 0 Å². The molecule has 0 atom stereocenters. The quantitative estimate of drug-likeness (QED) is 0.460. The van der Waals surface area contributed by atoms with E-state index >= 15 is 0 Å². The lowest BCUT2D eigenvalue weighted by atomic mass is 9.83. The molecule has 3 aromatic rings. The van der Waals surface area contributed by atoms with E-state index in [4.69, 9.17) is 4.74 Å². The molecule has 1 saturated heterocycles. The normalized spacial score (nSPS) is 15.9. The van der Waals surface area contributed by atoms with E-state index in [0.717, 1.165) is 16.8 Å². The summed E-state index contributed by atoms with van der Waals surface area (Å²) < 4.78 is 5.91. The lowest BCUT2D eigenvalue weighted by molar-refractivity contribution is -0.120. The first kappa shape index (κ1) is 22.6. The topological polar surface area (TPSA) is 129 Å². The van der Waals surface area contributed by atoms with Crippen LogP contribution in [0.15, 0.2) is 48.8 Å². The number of nitrogens with one attached hydrogen (secondary N) is 3. The fourth-order valence-electron chi connectivity index (χ4n) is 4.14. The third-order valence-electron chi connectivity index (χ3n) is 6.32. The summed E-state index contributed by atoms with van der Waals surface area (Å²) in [5.74, 6) is 1.30. The Labute approximate surface area is 202 Å². The zero-order valence-electron chi connectivity index (χ0n) is 19.1. The number of ether oxygens (including phenoxy) is 1. The molecular weight excluding hydrogens is 448 g/mol. The Bertz CT molecular complexity index is 1230. The molecule has 0 radical (unpaired) electrons. The maximum Gasteiger partial charge on any atom is 0.328 e. The van der Waals surface area contributed by atoms with E-state index in [-0.39, 0.29) is 31.3 Å². The van der Waals surface area contributed by atoms with Crippen molar-refractivity contribution in [2.24, 2.45) is 0 Å². The van der Waals surface area contributed by atoms with Crippen LogP contribution in [0.5, 0.6) is 5.75 Å². The second-order valence-corrected chi connectivity index (χ2v) is 8.75. The maximum atomic E-state index is 12.4. The Morgan fingerprint density at radius 1 is 1.17 bits per heavy atom. The van der Waals surface area contributed by atoms with Gasteiger partial charge in [-0.15, -0.1) is 0 Å². The fraction of sp³-hybridized carbons (Fsp3) is 0.320. The van der Waals surface area contributed by atoms with E-state index in [1.807, 2.05) is 18.2 Å². The Kier molecular flexibility index (Phi) is 6.42. The first-order chi connectivity index (χ1) is 17.0. The number of urea groups is 1. The van der Waals surface area contributed by atoms with Crippen molar-refractivity contribution >= 4 is 29.4 Å². The third kappa shape index (κ3) is 5.32. The molecule has 1 aliphatic carbocycles. The van der Waals surface area contributed by atoms with Crippen molar-refractivity contribution in [2.75, 3.05) is 16.8 Å². The number of nitrogens with zero attached hydrogens (tertiary/aromatic N) is 3. The van der Waals surface area contributed by atoms with Gasteiger partial charge in [0.15, 0.2) is 5.82 Å². The molecule has 3 N–H and O–H groups in total. The van der Waals surface area contributed by atoms with Crippen LogP contribution in [0.3, 0.4) is 0 Å². The summed E-state index contributed by atoms with van der Waals surface area (Å²) in [7, 11) is 0. The zero-order chi connectivity index (χ0) is 24.2. The van der Waals surface area contributed by atoms with E-state index in [1.54, 1.807) is 30.6 Å². The SMILES string of the molecule is O=C1CCN(c2cnccc2COc2ccc(CC(=O)Nc3cc(C4CCC4)[nH]n3)cc2)C(=O)N1. The molecule has 0 bridgehead atoms. The lowest BCUT2D eigenvalue weighted by Gasteiger charge is -2.27. The van der Waals surface area contributed by atoms with Crippen molar-refractivity contribution in [2.45, 2.75) is 44.6 Å². The van der Waals surface area contributed by atoms with Gasteiger partial charge in [-0.25, -0.2) is 4.79 Å². The van der Waals surface area contributed by atoms with Crippen LogP contribution >= 0.6 is 0 Å². The molecule has 10 nitrogen and oxygen atoms in total. The van der Waals surface area contributed by atoms with Crippen molar-refractivity contribution in [3.63, 3.8) is 0 Å². The number of carbonyl (C=O) groups excluding carboxylic acids is 3. The summed E-state index contributed by atoms with van der Waals surface area (Å²) >= 11 is 0. The average molecular weight is 475 g/mol. The smallest absolute Gasteiger partial charge is 0.328 e. The lowest BCUT2D eigenvalue weighted by Crippen LogP contribution is -2.50. The van der Waals surface area contributed by atoms with Gasteiger partial charge in [-0.2, -0.15) is 5.10 Å². The molecule has 1 aliphatic heterocycles. The summed E-state index contributed by atoms with van der Waals surface area (Å²) in [5.41, 5.74) is 3.31. The Morgan fingerprint density at radius 2 is 2.00 bits per heavy atom. The second kappa shape index (κ2) is 9.96. The number of carbonyl (C=O) groups is 3. The van der Waals surface area contributed by atoms with Gasteiger partial charge in [0, 0.05) is 42.4 Å².